The maximum atomic E-state index is 6.05. The number of hydrogen-bond donors (Lipinski definition) is 2. The number of aromatic amines is 1. The van der Waals surface area contributed by atoms with Crippen molar-refractivity contribution < 1.29 is 0 Å². The third-order valence-corrected chi connectivity index (χ3v) is 3.48. The first kappa shape index (κ1) is 11.0. The van der Waals surface area contributed by atoms with E-state index in [4.69, 9.17) is 11.6 Å². The van der Waals surface area contributed by atoms with Crippen LogP contribution in [0.5, 0.6) is 0 Å². The molecule has 0 amide bonds. The van der Waals surface area contributed by atoms with Crippen molar-refractivity contribution >= 4 is 22.5 Å². The first-order chi connectivity index (χ1) is 8.33. The summed E-state index contributed by atoms with van der Waals surface area (Å²) in [6.07, 6.45) is 0. The van der Waals surface area contributed by atoms with Gasteiger partial charge in [0.05, 0.1) is 5.52 Å². The van der Waals surface area contributed by atoms with Gasteiger partial charge < -0.3 is 5.32 Å². The second kappa shape index (κ2) is 4.64. The van der Waals surface area contributed by atoms with Crippen molar-refractivity contribution in [2.75, 3.05) is 26.2 Å². The number of aromatic nitrogens is 2. The number of hydrogen-bond acceptors (Lipinski definition) is 3. The smallest absolute Gasteiger partial charge is 0.132 e. The molecule has 1 fully saturated rings. The zero-order chi connectivity index (χ0) is 11.7. The summed E-state index contributed by atoms with van der Waals surface area (Å²) in [7, 11) is 0. The molecular formula is C12H15ClN4. The fourth-order valence-corrected chi connectivity index (χ4v) is 2.45. The van der Waals surface area contributed by atoms with Gasteiger partial charge in [-0.1, -0.05) is 17.7 Å². The van der Waals surface area contributed by atoms with E-state index >= 15 is 0 Å². The van der Waals surface area contributed by atoms with E-state index in [1.54, 1.807) is 0 Å². The molecule has 1 aliphatic heterocycles. The molecule has 3 rings (SSSR count). The lowest BCUT2D eigenvalue weighted by Gasteiger charge is -2.27. The van der Waals surface area contributed by atoms with E-state index in [2.05, 4.69) is 32.5 Å². The molecule has 17 heavy (non-hydrogen) atoms. The monoisotopic (exact) mass is 250 g/mol. The van der Waals surface area contributed by atoms with Gasteiger partial charge in [0.25, 0.3) is 0 Å². The Hall–Kier alpha value is -1.10. The maximum absolute atomic E-state index is 6.05. The van der Waals surface area contributed by atoms with E-state index in [-0.39, 0.29) is 0 Å². The van der Waals surface area contributed by atoms with Crippen molar-refractivity contribution in [2.24, 2.45) is 0 Å². The Kier molecular flexibility index (Phi) is 3.01. The lowest BCUT2D eigenvalue weighted by molar-refractivity contribution is 0.233. The highest BCUT2D eigenvalue weighted by molar-refractivity contribution is 6.34. The lowest BCUT2D eigenvalue weighted by atomic mass is 10.1. The predicted molar refractivity (Wildman–Crippen MR) is 69.3 cm³/mol. The standard InChI is InChI=1S/C12H15ClN4/c13-12-10-7-9(1-2-11(10)15-16-12)8-17-5-3-14-4-6-17/h1-2,7,14H,3-6,8H2,(H,15,16). The number of fused-ring (bicyclic) bond motifs is 1. The summed E-state index contributed by atoms with van der Waals surface area (Å²) in [6.45, 7) is 5.36. The van der Waals surface area contributed by atoms with Crippen molar-refractivity contribution in [3.8, 4) is 0 Å². The van der Waals surface area contributed by atoms with Gasteiger partial charge in [-0.3, -0.25) is 10.00 Å². The van der Waals surface area contributed by atoms with E-state index < -0.39 is 0 Å². The van der Waals surface area contributed by atoms with Crippen LogP contribution in [0.4, 0.5) is 0 Å². The Morgan fingerprint density at radius 2 is 2.12 bits per heavy atom. The summed E-state index contributed by atoms with van der Waals surface area (Å²) in [5.74, 6) is 0. The van der Waals surface area contributed by atoms with Gasteiger partial charge in [0.1, 0.15) is 5.15 Å². The second-order valence-electron chi connectivity index (χ2n) is 4.42. The van der Waals surface area contributed by atoms with Crippen LogP contribution in [0, 0.1) is 0 Å². The molecule has 1 saturated heterocycles. The van der Waals surface area contributed by atoms with Crippen LogP contribution in [0.25, 0.3) is 10.9 Å². The Balaban J connectivity index is 1.82. The van der Waals surface area contributed by atoms with Crippen molar-refractivity contribution in [2.45, 2.75) is 6.54 Å². The quantitative estimate of drug-likeness (QED) is 0.852. The zero-order valence-corrected chi connectivity index (χ0v) is 10.3. The lowest BCUT2D eigenvalue weighted by Crippen LogP contribution is -2.42. The molecule has 1 aromatic carbocycles. The van der Waals surface area contributed by atoms with Crippen LogP contribution in [-0.2, 0) is 6.54 Å². The second-order valence-corrected chi connectivity index (χ2v) is 4.79. The highest BCUT2D eigenvalue weighted by atomic mass is 35.5. The minimum absolute atomic E-state index is 0.627. The molecule has 0 spiro atoms. The molecule has 90 valence electrons. The molecule has 5 heteroatoms. The van der Waals surface area contributed by atoms with Crippen LogP contribution < -0.4 is 5.32 Å². The van der Waals surface area contributed by atoms with Crippen molar-refractivity contribution in [3.05, 3.63) is 28.9 Å². The normalized spacial score (nSPS) is 17.7. The number of halogens is 1. The van der Waals surface area contributed by atoms with Gasteiger partial charge >= 0.3 is 0 Å². The molecule has 1 aromatic heterocycles. The predicted octanol–water partition coefficient (Wildman–Crippen LogP) is 1.62. The highest BCUT2D eigenvalue weighted by Crippen LogP contribution is 2.22. The summed E-state index contributed by atoms with van der Waals surface area (Å²) >= 11 is 6.05. The molecule has 4 nitrogen and oxygen atoms in total. The SMILES string of the molecule is Clc1[nH]nc2ccc(CN3CCNCC3)cc12. The largest absolute Gasteiger partial charge is 0.314 e. The first-order valence-corrected chi connectivity index (χ1v) is 6.26. The highest BCUT2D eigenvalue weighted by Gasteiger charge is 2.11. The van der Waals surface area contributed by atoms with Crippen molar-refractivity contribution in [1.29, 1.82) is 0 Å². The number of nitrogens with zero attached hydrogens (tertiary/aromatic N) is 2. The molecular weight excluding hydrogens is 236 g/mol. The molecule has 2 N–H and O–H groups in total. The van der Waals surface area contributed by atoms with Crippen molar-refractivity contribution in [1.82, 2.24) is 20.4 Å². The molecule has 1 aliphatic rings. The molecule has 0 saturated carbocycles. The van der Waals surface area contributed by atoms with E-state index in [1.807, 2.05) is 6.07 Å². The molecule has 0 bridgehead atoms. The molecule has 0 radical (unpaired) electrons. The third-order valence-electron chi connectivity index (χ3n) is 3.19. The summed E-state index contributed by atoms with van der Waals surface area (Å²) in [5, 5.41) is 11.9. The van der Waals surface area contributed by atoms with Gasteiger partial charge in [0.15, 0.2) is 0 Å². The van der Waals surface area contributed by atoms with E-state index in [9.17, 15) is 0 Å². The molecule has 2 heterocycles. The van der Waals surface area contributed by atoms with Crippen LogP contribution in [0.15, 0.2) is 18.2 Å². The number of piperazine rings is 1. The minimum Gasteiger partial charge on any atom is -0.314 e. The Morgan fingerprint density at radius 1 is 1.29 bits per heavy atom. The number of nitrogens with one attached hydrogen (secondary N) is 2. The van der Waals surface area contributed by atoms with Gasteiger partial charge in [-0.15, -0.1) is 0 Å². The summed E-state index contributed by atoms with van der Waals surface area (Å²) in [5.41, 5.74) is 2.22. The van der Waals surface area contributed by atoms with E-state index in [1.165, 1.54) is 5.56 Å². The Labute approximate surface area is 105 Å². The van der Waals surface area contributed by atoms with Gasteiger partial charge in [-0.25, -0.2) is 0 Å². The van der Waals surface area contributed by atoms with Crippen LogP contribution in [0.1, 0.15) is 5.56 Å². The topological polar surface area (TPSA) is 44.0 Å². The van der Waals surface area contributed by atoms with Gasteiger partial charge in [0, 0.05) is 38.1 Å². The third kappa shape index (κ3) is 2.29. The summed E-state index contributed by atoms with van der Waals surface area (Å²) in [4.78, 5) is 2.45. The first-order valence-electron chi connectivity index (χ1n) is 5.88. The van der Waals surface area contributed by atoms with Crippen LogP contribution in [0.3, 0.4) is 0 Å². The molecule has 2 aromatic rings. The number of H-pyrrole nitrogens is 1. The molecule has 0 aliphatic carbocycles. The fourth-order valence-electron chi connectivity index (χ4n) is 2.25. The van der Waals surface area contributed by atoms with Gasteiger partial charge in [-0.05, 0) is 17.7 Å². The fraction of sp³-hybridized carbons (Fsp3) is 0.417. The van der Waals surface area contributed by atoms with E-state index in [0.29, 0.717) is 5.15 Å². The number of benzene rings is 1. The van der Waals surface area contributed by atoms with Crippen LogP contribution in [-0.4, -0.2) is 41.3 Å². The van der Waals surface area contributed by atoms with Gasteiger partial charge in [-0.2, -0.15) is 5.10 Å². The number of rotatable bonds is 2. The maximum Gasteiger partial charge on any atom is 0.132 e. The van der Waals surface area contributed by atoms with Gasteiger partial charge in [0.2, 0.25) is 0 Å². The Morgan fingerprint density at radius 3 is 2.94 bits per heavy atom. The minimum atomic E-state index is 0.627. The summed E-state index contributed by atoms with van der Waals surface area (Å²) in [6, 6.07) is 6.28. The molecule has 0 atom stereocenters. The van der Waals surface area contributed by atoms with Crippen LogP contribution in [0.2, 0.25) is 5.15 Å². The molecule has 0 unspecified atom stereocenters. The average molecular weight is 251 g/mol. The van der Waals surface area contributed by atoms with Crippen LogP contribution >= 0.6 is 11.6 Å². The van der Waals surface area contributed by atoms with E-state index in [0.717, 1.165) is 43.6 Å². The Bertz CT molecular complexity index is 516. The summed E-state index contributed by atoms with van der Waals surface area (Å²) < 4.78 is 0. The van der Waals surface area contributed by atoms with Crippen molar-refractivity contribution in [3.63, 3.8) is 0 Å². The average Bonchev–Trinajstić information content (AvgIpc) is 2.73. The zero-order valence-electron chi connectivity index (χ0n) is 9.54.